The van der Waals surface area contributed by atoms with E-state index in [1.807, 2.05) is 38.1 Å². The molecule has 136 valence electrons. The molecule has 2 aromatic rings. The summed E-state index contributed by atoms with van der Waals surface area (Å²) in [4.78, 5) is 17.3. The standard InChI is InChI=1S/C20H18F3NO2/c1-19(2)12-14-6-3-4-9-16(14)17(24-19)11-18(25)13-7-5-8-15(10-13)26-20(21,22)23/h3-10H,11-12H2,1-2H3. The minimum atomic E-state index is -4.79. The third-order valence-corrected chi connectivity index (χ3v) is 4.11. The Labute approximate surface area is 149 Å². The second-order valence-corrected chi connectivity index (χ2v) is 6.88. The topological polar surface area (TPSA) is 38.7 Å². The van der Waals surface area contributed by atoms with Gasteiger partial charge in [-0.3, -0.25) is 9.79 Å². The lowest BCUT2D eigenvalue weighted by molar-refractivity contribution is -0.274. The molecule has 2 aromatic carbocycles. The number of fused-ring (bicyclic) bond motifs is 1. The number of aliphatic imine (C=N–C) groups is 1. The van der Waals surface area contributed by atoms with Gasteiger partial charge in [-0.05, 0) is 43.5 Å². The first-order valence-corrected chi connectivity index (χ1v) is 8.19. The van der Waals surface area contributed by atoms with E-state index < -0.39 is 12.1 Å². The monoisotopic (exact) mass is 361 g/mol. The fourth-order valence-corrected chi connectivity index (χ4v) is 3.14. The maximum absolute atomic E-state index is 12.6. The fourth-order valence-electron chi connectivity index (χ4n) is 3.14. The molecule has 1 aliphatic heterocycles. The zero-order chi connectivity index (χ0) is 18.9. The SMILES string of the molecule is CC1(C)Cc2ccccc2C(CC(=O)c2cccc(OC(F)(F)F)c2)=N1. The van der Waals surface area contributed by atoms with E-state index in [1.54, 1.807) is 0 Å². The Morgan fingerprint density at radius 2 is 1.88 bits per heavy atom. The van der Waals surface area contributed by atoms with Gasteiger partial charge in [0.25, 0.3) is 0 Å². The van der Waals surface area contributed by atoms with Gasteiger partial charge in [0.05, 0.1) is 17.7 Å². The number of ketones is 1. The summed E-state index contributed by atoms with van der Waals surface area (Å²) in [5, 5.41) is 0. The lowest BCUT2D eigenvalue weighted by Gasteiger charge is -2.29. The second kappa shape index (κ2) is 6.59. The zero-order valence-electron chi connectivity index (χ0n) is 14.4. The molecular weight excluding hydrogens is 343 g/mol. The van der Waals surface area contributed by atoms with Gasteiger partial charge in [0.2, 0.25) is 0 Å². The molecule has 0 radical (unpaired) electrons. The molecule has 0 unspecified atom stereocenters. The highest BCUT2D eigenvalue weighted by molar-refractivity contribution is 6.16. The number of halogens is 3. The van der Waals surface area contributed by atoms with E-state index >= 15 is 0 Å². The van der Waals surface area contributed by atoms with Crippen molar-refractivity contribution in [3.05, 3.63) is 65.2 Å². The Morgan fingerprint density at radius 1 is 1.15 bits per heavy atom. The average molecular weight is 361 g/mol. The first-order valence-electron chi connectivity index (χ1n) is 8.19. The molecule has 26 heavy (non-hydrogen) atoms. The number of ether oxygens (including phenoxy) is 1. The van der Waals surface area contributed by atoms with Crippen molar-refractivity contribution < 1.29 is 22.7 Å². The summed E-state index contributed by atoms with van der Waals surface area (Å²) < 4.78 is 41.0. The largest absolute Gasteiger partial charge is 0.573 e. The molecule has 0 N–H and O–H groups in total. The van der Waals surface area contributed by atoms with Crippen LogP contribution in [0.2, 0.25) is 0 Å². The van der Waals surface area contributed by atoms with Crippen LogP contribution in [0.5, 0.6) is 5.75 Å². The second-order valence-electron chi connectivity index (χ2n) is 6.88. The highest BCUT2D eigenvalue weighted by Crippen LogP contribution is 2.29. The molecule has 1 aliphatic rings. The summed E-state index contributed by atoms with van der Waals surface area (Å²) >= 11 is 0. The Kier molecular flexibility index (Phi) is 4.61. The molecule has 0 saturated carbocycles. The Hall–Kier alpha value is -2.63. The average Bonchev–Trinajstić information content (AvgIpc) is 2.52. The Bertz CT molecular complexity index is 869. The summed E-state index contributed by atoms with van der Waals surface area (Å²) in [6.07, 6.45) is -4.00. The molecule has 0 fully saturated rings. The number of alkyl halides is 3. The van der Waals surface area contributed by atoms with Crippen molar-refractivity contribution in [3.63, 3.8) is 0 Å². The molecule has 0 aliphatic carbocycles. The lowest BCUT2D eigenvalue weighted by atomic mass is 9.85. The van der Waals surface area contributed by atoms with E-state index in [0.717, 1.165) is 23.6 Å². The van der Waals surface area contributed by atoms with E-state index in [2.05, 4.69) is 9.73 Å². The molecule has 0 atom stereocenters. The molecule has 1 heterocycles. The summed E-state index contributed by atoms with van der Waals surface area (Å²) in [6, 6.07) is 12.9. The van der Waals surface area contributed by atoms with Crippen LogP contribution in [0.1, 0.15) is 41.8 Å². The number of rotatable bonds is 4. The summed E-state index contributed by atoms with van der Waals surface area (Å²) in [6.45, 7) is 3.98. The predicted molar refractivity (Wildman–Crippen MR) is 92.8 cm³/mol. The first kappa shape index (κ1) is 18.2. The molecule has 3 rings (SSSR count). The van der Waals surface area contributed by atoms with Crippen LogP contribution >= 0.6 is 0 Å². The quantitative estimate of drug-likeness (QED) is 0.720. The molecule has 0 spiro atoms. The third-order valence-electron chi connectivity index (χ3n) is 4.11. The molecule has 0 saturated heterocycles. The van der Waals surface area contributed by atoms with Crippen molar-refractivity contribution in [2.45, 2.75) is 38.6 Å². The number of carbonyl (C=O) groups excluding carboxylic acids is 1. The van der Waals surface area contributed by atoms with Gasteiger partial charge in [0.1, 0.15) is 5.75 Å². The maximum Gasteiger partial charge on any atom is 0.573 e. The molecule has 6 heteroatoms. The summed E-state index contributed by atoms with van der Waals surface area (Å²) in [5.74, 6) is -0.710. The van der Waals surface area contributed by atoms with Crippen molar-refractivity contribution in [1.29, 1.82) is 0 Å². The number of benzene rings is 2. The van der Waals surface area contributed by atoms with Gasteiger partial charge in [-0.25, -0.2) is 0 Å². The van der Waals surface area contributed by atoms with Gasteiger partial charge in [-0.15, -0.1) is 13.2 Å². The zero-order valence-corrected chi connectivity index (χ0v) is 14.4. The van der Waals surface area contributed by atoms with E-state index in [1.165, 1.54) is 18.2 Å². The van der Waals surface area contributed by atoms with Crippen LogP contribution < -0.4 is 4.74 Å². The van der Waals surface area contributed by atoms with Gasteiger partial charge >= 0.3 is 6.36 Å². The van der Waals surface area contributed by atoms with Crippen molar-refractivity contribution in [2.75, 3.05) is 0 Å². The van der Waals surface area contributed by atoms with E-state index in [9.17, 15) is 18.0 Å². The van der Waals surface area contributed by atoms with Gasteiger partial charge in [0, 0.05) is 5.56 Å². The Morgan fingerprint density at radius 3 is 2.62 bits per heavy atom. The Balaban J connectivity index is 1.86. The van der Waals surface area contributed by atoms with Crippen molar-refractivity contribution in [3.8, 4) is 5.75 Å². The summed E-state index contributed by atoms with van der Waals surface area (Å²) in [7, 11) is 0. The van der Waals surface area contributed by atoms with Gasteiger partial charge in [0.15, 0.2) is 5.78 Å². The molecule has 3 nitrogen and oxygen atoms in total. The van der Waals surface area contributed by atoms with Crippen molar-refractivity contribution in [1.82, 2.24) is 0 Å². The minimum absolute atomic E-state index is 0.0237. The molecule has 0 amide bonds. The molecular formula is C20H18F3NO2. The smallest absolute Gasteiger partial charge is 0.406 e. The van der Waals surface area contributed by atoms with Crippen molar-refractivity contribution in [2.24, 2.45) is 4.99 Å². The lowest BCUT2D eigenvalue weighted by Crippen LogP contribution is -2.30. The van der Waals surface area contributed by atoms with Crippen molar-refractivity contribution >= 4 is 11.5 Å². The van der Waals surface area contributed by atoms with Gasteiger partial charge in [-0.2, -0.15) is 0 Å². The minimum Gasteiger partial charge on any atom is -0.406 e. The van der Waals surface area contributed by atoms with Crippen LogP contribution in [0.25, 0.3) is 0 Å². The molecule has 0 bridgehead atoms. The molecule has 0 aromatic heterocycles. The first-order chi connectivity index (χ1) is 12.1. The van der Waals surface area contributed by atoms with Crippen LogP contribution in [-0.2, 0) is 6.42 Å². The number of Topliss-reactive ketones (excluding diaryl/α,β-unsaturated/α-hetero) is 1. The van der Waals surface area contributed by atoms with E-state index in [4.69, 9.17) is 0 Å². The number of hydrogen-bond donors (Lipinski definition) is 0. The maximum atomic E-state index is 12.6. The highest BCUT2D eigenvalue weighted by Gasteiger charge is 2.31. The summed E-state index contributed by atoms with van der Waals surface area (Å²) in [5.41, 5.74) is 2.53. The van der Waals surface area contributed by atoms with Gasteiger partial charge in [-0.1, -0.05) is 36.4 Å². The number of carbonyl (C=O) groups is 1. The van der Waals surface area contributed by atoms with Crippen LogP contribution in [0.15, 0.2) is 53.5 Å². The predicted octanol–water partition coefficient (Wildman–Crippen LogP) is 4.98. The van der Waals surface area contributed by atoms with Crippen LogP contribution in [0.4, 0.5) is 13.2 Å². The van der Waals surface area contributed by atoms with Crippen LogP contribution in [0.3, 0.4) is 0 Å². The van der Waals surface area contributed by atoms with Crippen LogP contribution in [0, 0.1) is 0 Å². The van der Waals surface area contributed by atoms with E-state index in [0.29, 0.717) is 5.71 Å². The third kappa shape index (κ3) is 4.31. The number of nitrogens with zero attached hydrogens (tertiary/aromatic N) is 1. The van der Waals surface area contributed by atoms with E-state index in [-0.39, 0.29) is 23.3 Å². The number of hydrogen-bond acceptors (Lipinski definition) is 3. The van der Waals surface area contributed by atoms with Crippen LogP contribution in [-0.4, -0.2) is 23.4 Å². The fraction of sp³-hybridized carbons (Fsp3) is 0.300. The van der Waals surface area contributed by atoms with Gasteiger partial charge < -0.3 is 4.74 Å². The normalized spacial score (nSPS) is 15.8. The highest BCUT2D eigenvalue weighted by atomic mass is 19.4.